The number of nitrogens with one attached hydrogen (secondary N) is 2. The van der Waals surface area contributed by atoms with Gasteiger partial charge in [0.2, 0.25) is 11.8 Å². The SMILES string of the molecule is CC(=NNC(=O)CCCCCC(=O)NN=C(C)c1cccc2ccccc12)c1cccc2ccccc12. The number of hydrogen-bond donors (Lipinski definition) is 2. The van der Waals surface area contributed by atoms with Gasteiger partial charge in [-0.2, -0.15) is 10.2 Å². The lowest BCUT2D eigenvalue weighted by Crippen LogP contribution is -2.19. The van der Waals surface area contributed by atoms with Crippen LogP contribution >= 0.6 is 0 Å². The largest absolute Gasteiger partial charge is 0.273 e. The van der Waals surface area contributed by atoms with Gasteiger partial charge in [-0.15, -0.1) is 0 Å². The first-order chi connectivity index (χ1) is 18.0. The summed E-state index contributed by atoms with van der Waals surface area (Å²) in [4.78, 5) is 24.5. The molecular weight excluding hydrogens is 460 g/mol. The van der Waals surface area contributed by atoms with Crippen LogP contribution in [0.3, 0.4) is 0 Å². The molecule has 0 heterocycles. The third kappa shape index (κ3) is 6.88. The average Bonchev–Trinajstić information content (AvgIpc) is 2.93. The van der Waals surface area contributed by atoms with Crippen LogP contribution in [0.5, 0.6) is 0 Å². The highest BCUT2D eigenvalue weighted by Gasteiger charge is 2.07. The number of amides is 2. The molecule has 188 valence electrons. The second-order valence-corrected chi connectivity index (χ2v) is 9.08. The molecule has 0 atom stereocenters. The van der Waals surface area contributed by atoms with Crippen LogP contribution < -0.4 is 10.9 Å². The van der Waals surface area contributed by atoms with Gasteiger partial charge in [-0.05, 0) is 48.2 Å². The van der Waals surface area contributed by atoms with E-state index in [1.807, 2.05) is 62.4 Å². The molecule has 37 heavy (non-hydrogen) atoms. The van der Waals surface area contributed by atoms with Crippen molar-refractivity contribution in [2.75, 3.05) is 0 Å². The maximum absolute atomic E-state index is 12.2. The molecule has 0 saturated heterocycles. The fraction of sp³-hybridized carbons (Fsp3) is 0.226. The van der Waals surface area contributed by atoms with Crippen LogP contribution in [-0.2, 0) is 9.59 Å². The van der Waals surface area contributed by atoms with Gasteiger partial charge < -0.3 is 0 Å². The van der Waals surface area contributed by atoms with Crippen molar-refractivity contribution in [3.8, 4) is 0 Å². The summed E-state index contributed by atoms with van der Waals surface area (Å²) >= 11 is 0. The van der Waals surface area contributed by atoms with Crippen LogP contribution in [0.1, 0.15) is 57.1 Å². The molecule has 0 unspecified atom stereocenters. The van der Waals surface area contributed by atoms with Gasteiger partial charge in [-0.25, -0.2) is 10.9 Å². The molecule has 0 bridgehead atoms. The van der Waals surface area contributed by atoms with Gasteiger partial charge in [0, 0.05) is 24.0 Å². The molecule has 0 aromatic heterocycles. The van der Waals surface area contributed by atoms with Crippen molar-refractivity contribution in [2.45, 2.75) is 46.0 Å². The van der Waals surface area contributed by atoms with Crippen molar-refractivity contribution in [1.82, 2.24) is 10.9 Å². The Kier molecular flexibility index (Phi) is 8.76. The molecule has 2 N–H and O–H groups in total. The number of nitrogens with zero attached hydrogens (tertiary/aromatic N) is 2. The van der Waals surface area contributed by atoms with Crippen molar-refractivity contribution in [3.63, 3.8) is 0 Å². The van der Waals surface area contributed by atoms with Gasteiger partial charge in [-0.3, -0.25) is 9.59 Å². The number of carbonyl (C=O) groups is 2. The van der Waals surface area contributed by atoms with Crippen LogP contribution in [0, 0.1) is 0 Å². The van der Waals surface area contributed by atoms with Gasteiger partial charge in [0.25, 0.3) is 0 Å². The maximum atomic E-state index is 12.2. The first-order valence-electron chi connectivity index (χ1n) is 12.7. The Balaban J connectivity index is 1.17. The lowest BCUT2D eigenvalue weighted by atomic mass is 10.0. The Morgan fingerprint density at radius 1 is 0.568 bits per heavy atom. The zero-order valence-corrected chi connectivity index (χ0v) is 21.3. The summed E-state index contributed by atoms with van der Waals surface area (Å²) < 4.78 is 0. The minimum Gasteiger partial charge on any atom is -0.273 e. The predicted octanol–water partition coefficient (Wildman–Crippen LogP) is 6.32. The summed E-state index contributed by atoms with van der Waals surface area (Å²) in [6.07, 6.45) is 2.90. The minimum atomic E-state index is -0.126. The molecular formula is C31H32N4O2. The molecule has 2 amide bonds. The predicted molar refractivity (Wildman–Crippen MR) is 152 cm³/mol. The molecule has 6 heteroatoms. The van der Waals surface area contributed by atoms with E-state index in [1.54, 1.807) is 0 Å². The number of hydrazone groups is 2. The van der Waals surface area contributed by atoms with Gasteiger partial charge in [0.1, 0.15) is 0 Å². The smallest absolute Gasteiger partial charge is 0.240 e. The van der Waals surface area contributed by atoms with Crippen molar-refractivity contribution in [2.24, 2.45) is 10.2 Å². The zero-order chi connectivity index (χ0) is 26.0. The van der Waals surface area contributed by atoms with E-state index in [0.717, 1.165) is 50.5 Å². The average molecular weight is 493 g/mol. The number of hydrogen-bond acceptors (Lipinski definition) is 4. The molecule has 0 aliphatic rings. The van der Waals surface area contributed by atoms with Gasteiger partial charge in [0.05, 0.1) is 11.4 Å². The second kappa shape index (κ2) is 12.6. The summed E-state index contributed by atoms with van der Waals surface area (Å²) in [7, 11) is 0. The van der Waals surface area contributed by atoms with Crippen LogP contribution in [0.15, 0.2) is 95.1 Å². The van der Waals surface area contributed by atoms with E-state index in [0.29, 0.717) is 25.7 Å². The molecule has 4 aromatic rings. The van der Waals surface area contributed by atoms with E-state index in [-0.39, 0.29) is 11.8 Å². The highest BCUT2D eigenvalue weighted by molar-refractivity contribution is 6.10. The third-order valence-electron chi connectivity index (χ3n) is 6.36. The van der Waals surface area contributed by atoms with Gasteiger partial charge in [0.15, 0.2) is 0 Å². The third-order valence-corrected chi connectivity index (χ3v) is 6.36. The number of benzene rings is 4. The summed E-state index contributed by atoms with van der Waals surface area (Å²) in [5.74, 6) is -0.251. The highest BCUT2D eigenvalue weighted by atomic mass is 16.2. The molecule has 0 aliphatic heterocycles. The standard InChI is InChI=1S/C31H32N4O2/c1-22(26-18-10-14-24-12-6-8-16-28(24)26)32-34-30(36)20-4-3-5-21-31(37)35-33-23(2)27-19-11-15-25-13-7-9-17-29(25)27/h6-19H,3-5,20-21H2,1-2H3,(H,34,36)(H,35,37). The Labute approximate surface area is 217 Å². The maximum Gasteiger partial charge on any atom is 0.240 e. The van der Waals surface area contributed by atoms with E-state index >= 15 is 0 Å². The number of carbonyl (C=O) groups excluding carboxylic acids is 2. The monoisotopic (exact) mass is 492 g/mol. The topological polar surface area (TPSA) is 82.9 Å². The molecule has 4 aromatic carbocycles. The fourth-order valence-corrected chi connectivity index (χ4v) is 4.35. The zero-order valence-electron chi connectivity index (χ0n) is 21.3. The lowest BCUT2D eigenvalue weighted by molar-refractivity contribution is -0.121. The first kappa shape index (κ1) is 25.8. The van der Waals surface area contributed by atoms with Crippen LogP contribution in [0.25, 0.3) is 21.5 Å². The highest BCUT2D eigenvalue weighted by Crippen LogP contribution is 2.20. The quantitative estimate of drug-likeness (QED) is 0.154. The normalized spacial score (nSPS) is 12.1. The van der Waals surface area contributed by atoms with Crippen LogP contribution in [0.2, 0.25) is 0 Å². The molecule has 0 saturated carbocycles. The Bertz CT molecular complexity index is 1350. The molecule has 0 aliphatic carbocycles. The number of fused-ring (bicyclic) bond motifs is 2. The molecule has 6 nitrogen and oxygen atoms in total. The molecule has 4 rings (SSSR count). The van der Waals surface area contributed by atoms with Crippen molar-refractivity contribution >= 4 is 44.8 Å². The Hall–Kier alpha value is -4.32. The van der Waals surface area contributed by atoms with Gasteiger partial charge >= 0.3 is 0 Å². The molecule has 0 fully saturated rings. The second-order valence-electron chi connectivity index (χ2n) is 9.08. The van der Waals surface area contributed by atoms with E-state index in [4.69, 9.17) is 0 Å². The summed E-state index contributed by atoms with van der Waals surface area (Å²) in [5, 5.41) is 13.1. The van der Waals surface area contributed by atoms with Gasteiger partial charge in [-0.1, -0.05) is 91.3 Å². The van der Waals surface area contributed by atoms with Crippen LogP contribution in [-0.4, -0.2) is 23.2 Å². The van der Waals surface area contributed by atoms with E-state index < -0.39 is 0 Å². The van der Waals surface area contributed by atoms with Crippen molar-refractivity contribution in [3.05, 3.63) is 96.1 Å². The van der Waals surface area contributed by atoms with Crippen molar-refractivity contribution in [1.29, 1.82) is 0 Å². The molecule has 0 spiro atoms. The van der Waals surface area contributed by atoms with E-state index in [1.165, 1.54) is 0 Å². The lowest BCUT2D eigenvalue weighted by Gasteiger charge is -2.07. The van der Waals surface area contributed by atoms with E-state index in [9.17, 15) is 9.59 Å². The summed E-state index contributed by atoms with van der Waals surface area (Å²) in [6.45, 7) is 3.79. The van der Waals surface area contributed by atoms with Crippen molar-refractivity contribution < 1.29 is 9.59 Å². The van der Waals surface area contributed by atoms with E-state index in [2.05, 4.69) is 57.5 Å². The summed E-state index contributed by atoms with van der Waals surface area (Å²) in [6, 6.07) is 28.3. The number of unbranched alkanes of at least 4 members (excludes halogenated alkanes) is 2. The minimum absolute atomic E-state index is 0.126. The Morgan fingerprint density at radius 3 is 1.43 bits per heavy atom. The number of rotatable bonds is 10. The Morgan fingerprint density at radius 2 is 0.973 bits per heavy atom. The first-order valence-corrected chi connectivity index (χ1v) is 12.7. The molecule has 0 radical (unpaired) electrons. The summed E-state index contributed by atoms with van der Waals surface area (Å²) in [5.41, 5.74) is 8.85. The fourth-order valence-electron chi connectivity index (χ4n) is 4.35. The van der Waals surface area contributed by atoms with Crippen LogP contribution in [0.4, 0.5) is 0 Å².